The number of aromatic nitrogens is 1. The number of hydrogen-bond donors (Lipinski definition) is 2. The Balaban J connectivity index is 2.03. The summed E-state index contributed by atoms with van der Waals surface area (Å²) >= 11 is 6.48. The maximum absolute atomic E-state index is 10.4. The summed E-state index contributed by atoms with van der Waals surface area (Å²) in [6.45, 7) is 3.96. The number of anilines is 1. The molecule has 0 aliphatic rings. The molecule has 0 aliphatic heterocycles. The van der Waals surface area contributed by atoms with Gasteiger partial charge in [0.1, 0.15) is 5.60 Å². The molecule has 0 amide bonds. The summed E-state index contributed by atoms with van der Waals surface area (Å²) in [6.07, 6.45) is 1.34. The molecule has 0 fully saturated rings. The van der Waals surface area contributed by atoms with E-state index in [2.05, 4.69) is 25.6 Å². The lowest BCUT2D eigenvalue weighted by Crippen LogP contribution is -2.23. The average Bonchev–Trinajstić information content (AvgIpc) is 2.94. The van der Waals surface area contributed by atoms with Crippen LogP contribution in [0.1, 0.15) is 32.4 Å². The maximum atomic E-state index is 10.4. The quantitative estimate of drug-likeness (QED) is 0.697. The average molecular weight is 373 g/mol. The Hall–Kier alpha value is -0.560. The van der Waals surface area contributed by atoms with Gasteiger partial charge in [-0.25, -0.2) is 4.98 Å². The van der Waals surface area contributed by atoms with Crippen LogP contribution in [0.5, 0.6) is 0 Å². The molecule has 0 bridgehead atoms. The van der Waals surface area contributed by atoms with Crippen LogP contribution in [0.4, 0.5) is 5.13 Å². The first kappa shape index (κ1) is 15.8. The maximum Gasteiger partial charge on any atom is 0.193 e. The molecule has 0 aliphatic carbocycles. The topological polar surface area (TPSA) is 45.1 Å². The third kappa shape index (κ3) is 3.75. The zero-order valence-electron chi connectivity index (χ0n) is 11.4. The predicted octanol–water partition coefficient (Wildman–Crippen LogP) is 5.03. The van der Waals surface area contributed by atoms with Crippen molar-refractivity contribution in [2.45, 2.75) is 37.2 Å². The van der Waals surface area contributed by atoms with Crippen molar-refractivity contribution >= 4 is 44.3 Å². The zero-order chi connectivity index (χ0) is 14.6. The van der Waals surface area contributed by atoms with Gasteiger partial charge in [-0.3, -0.25) is 0 Å². The van der Waals surface area contributed by atoms with Gasteiger partial charge in [-0.05, 0) is 43.0 Å². The highest BCUT2D eigenvalue weighted by atomic mass is 79.9. The Kier molecular flexibility index (Phi) is 5.49. The number of rotatable bonds is 6. The first-order chi connectivity index (χ1) is 9.57. The first-order valence-corrected chi connectivity index (χ1v) is 8.93. The Morgan fingerprint density at radius 3 is 2.80 bits per heavy atom. The van der Waals surface area contributed by atoms with Gasteiger partial charge in [-0.2, -0.15) is 0 Å². The molecular formula is C14H17BrN2OS2. The van der Waals surface area contributed by atoms with E-state index in [-0.39, 0.29) is 0 Å². The standard InChI is InChI=1S/C14H17BrN2OS2/c1-3-14(18,4-2)12-9-19-13(16-12)17-20-11-7-5-6-10(15)8-11/h5-9,18H,3-4H2,1-2H3,(H,16,17). The summed E-state index contributed by atoms with van der Waals surface area (Å²) in [4.78, 5) is 5.60. The molecular weight excluding hydrogens is 356 g/mol. The summed E-state index contributed by atoms with van der Waals surface area (Å²) < 4.78 is 4.27. The fourth-order valence-electron chi connectivity index (χ4n) is 1.78. The lowest BCUT2D eigenvalue weighted by atomic mass is 9.94. The molecule has 20 heavy (non-hydrogen) atoms. The molecule has 0 saturated heterocycles. The zero-order valence-corrected chi connectivity index (χ0v) is 14.6. The van der Waals surface area contributed by atoms with Gasteiger partial charge in [0, 0.05) is 14.7 Å². The van der Waals surface area contributed by atoms with Crippen molar-refractivity contribution in [1.82, 2.24) is 4.98 Å². The van der Waals surface area contributed by atoms with Gasteiger partial charge in [-0.15, -0.1) is 11.3 Å². The van der Waals surface area contributed by atoms with Gasteiger partial charge in [0.05, 0.1) is 5.69 Å². The van der Waals surface area contributed by atoms with Crippen molar-refractivity contribution in [3.8, 4) is 0 Å². The molecule has 6 heteroatoms. The fourth-order valence-corrected chi connectivity index (χ4v) is 3.88. The van der Waals surface area contributed by atoms with E-state index in [9.17, 15) is 5.11 Å². The van der Waals surface area contributed by atoms with E-state index in [1.807, 2.05) is 43.5 Å². The van der Waals surface area contributed by atoms with Gasteiger partial charge < -0.3 is 9.83 Å². The lowest BCUT2D eigenvalue weighted by Gasteiger charge is -2.22. The van der Waals surface area contributed by atoms with E-state index in [1.54, 1.807) is 0 Å². The highest BCUT2D eigenvalue weighted by Crippen LogP contribution is 2.32. The largest absolute Gasteiger partial charge is 0.384 e. The number of nitrogens with one attached hydrogen (secondary N) is 1. The summed E-state index contributed by atoms with van der Waals surface area (Å²) in [5, 5.41) is 13.2. The second-order valence-corrected chi connectivity index (χ2v) is 7.09. The van der Waals surface area contributed by atoms with Crippen molar-refractivity contribution in [3.05, 3.63) is 39.8 Å². The van der Waals surface area contributed by atoms with Crippen LogP contribution in [0, 0.1) is 0 Å². The molecule has 2 rings (SSSR count). The Bertz CT molecular complexity index is 570. The van der Waals surface area contributed by atoms with Crippen molar-refractivity contribution in [1.29, 1.82) is 0 Å². The van der Waals surface area contributed by atoms with Gasteiger partial charge in [0.25, 0.3) is 0 Å². The fraction of sp³-hybridized carbons (Fsp3) is 0.357. The normalized spacial score (nSPS) is 11.6. The summed E-state index contributed by atoms with van der Waals surface area (Å²) in [7, 11) is 0. The third-order valence-electron chi connectivity index (χ3n) is 3.20. The van der Waals surface area contributed by atoms with Crippen LogP contribution in [-0.4, -0.2) is 10.1 Å². The summed E-state index contributed by atoms with van der Waals surface area (Å²) in [6, 6.07) is 8.06. The highest BCUT2D eigenvalue weighted by Gasteiger charge is 2.27. The summed E-state index contributed by atoms with van der Waals surface area (Å²) in [5.41, 5.74) is -0.0542. The van der Waals surface area contributed by atoms with Crippen LogP contribution in [0.3, 0.4) is 0 Å². The number of nitrogens with zero attached hydrogens (tertiary/aromatic N) is 1. The second kappa shape index (κ2) is 6.93. The van der Waals surface area contributed by atoms with E-state index < -0.39 is 5.60 Å². The molecule has 0 saturated carbocycles. The first-order valence-electron chi connectivity index (χ1n) is 6.44. The van der Waals surface area contributed by atoms with Crippen molar-refractivity contribution in [2.75, 3.05) is 4.72 Å². The minimum absolute atomic E-state index is 0.672. The van der Waals surface area contributed by atoms with Crippen molar-refractivity contribution in [3.63, 3.8) is 0 Å². The summed E-state index contributed by atoms with van der Waals surface area (Å²) in [5.74, 6) is 0. The van der Waals surface area contributed by atoms with Crippen LogP contribution in [-0.2, 0) is 5.60 Å². The van der Waals surface area contributed by atoms with E-state index in [4.69, 9.17) is 0 Å². The van der Waals surface area contributed by atoms with Crippen molar-refractivity contribution < 1.29 is 5.11 Å². The molecule has 1 aromatic heterocycles. The molecule has 0 spiro atoms. The van der Waals surface area contributed by atoms with E-state index in [0.29, 0.717) is 12.8 Å². The molecule has 2 N–H and O–H groups in total. The van der Waals surface area contributed by atoms with Gasteiger partial charge in [0.15, 0.2) is 5.13 Å². The monoisotopic (exact) mass is 372 g/mol. The van der Waals surface area contributed by atoms with Crippen molar-refractivity contribution in [2.24, 2.45) is 0 Å². The number of hydrogen-bond acceptors (Lipinski definition) is 5. The molecule has 1 heterocycles. The number of halogens is 1. The predicted molar refractivity (Wildman–Crippen MR) is 90.2 cm³/mol. The minimum atomic E-state index is -0.809. The van der Waals surface area contributed by atoms with Crippen LogP contribution < -0.4 is 4.72 Å². The lowest BCUT2D eigenvalue weighted by molar-refractivity contribution is 0.0247. The Morgan fingerprint density at radius 2 is 2.15 bits per heavy atom. The number of benzene rings is 1. The van der Waals surface area contributed by atoms with Crippen LogP contribution in [0.15, 0.2) is 39.0 Å². The van der Waals surface area contributed by atoms with Crippen LogP contribution >= 0.6 is 39.2 Å². The molecule has 3 nitrogen and oxygen atoms in total. The Labute approximate surface area is 136 Å². The molecule has 0 radical (unpaired) electrons. The number of aliphatic hydroxyl groups is 1. The third-order valence-corrected chi connectivity index (χ3v) is 5.37. The highest BCUT2D eigenvalue weighted by molar-refractivity contribution is 9.10. The molecule has 2 aromatic rings. The molecule has 0 unspecified atom stereocenters. The molecule has 108 valence electrons. The van der Waals surface area contributed by atoms with Gasteiger partial charge in [-0.1, -0.05) is 35.8 Å². The minimum Gasteiger partial charge on any atom is -0.384 e. The van der Waals surface area contributed by atoms with Crippen LogP contribution in [0.2, 0.25) is 0 Å². The smallest absolute Gasteiger partial charge is 0.193 e. The molecule has 1 aromatic carbocycles. The number of thiazole rings is 1. The van der Waals surface area contributed by atoms with Gasteiger partial charge in [0.2, 0.25) is 0 Å². The van der Waals surface area contributed by atoms with E-state index >= 15 is 0 Å². The van der Waals surface area contributed by atoms with E-state index in [1.165, 1.54) is 23.3 Å². The Morgan fingerprint density at radius 1 is 1.40 bits per heavy atom. The second-order valence-electron chi connectivity index (χ2n) is 4.44. The van der Waals surface area contributed by atoms with Gasteiger partial charge >= 0.3 is 0 Å². The van der Waals surface area contributed by atoms with E-state index in [0.717, 1.165) is 20.2 Å². The SMILES string of the molecule is CCC(O)(CC)c1csc(NSc2cccc(Br)c2)n1. The van der Waals surface area contributed by atoms with Crippen LogP contribution in [0.25, 0.3) is 0 Å². The molecule has 0 atom stereocenters.